The molecule has 0 atom stereocenters. The van der Waals surface area contributed by atoms with Crippen LogP contribution in [0, 0.1) is 0 Å². The van der Waals surface area contributed by atoms with Crippen LogP contribution in [0.2, 0.25) is 0 Å². The second kappa shape index (κ2) is 6.31. The van der Waals surface area contributed by atoms with Crippen molar-refractivity contribution in [2.45, 2.75) is 13.1 Å². The molecular formula is C13H14F3NO3. The quantitative estimate of drug-likeness (QED) is 0.683. The molecule has 0 aliphatic rings. The molecule has 1 aromatic carbocycles. The molecule has 1 rings (SSSR count). The highest BCUT2D eigenvalue weighted by Crippen LogP contribution is 2.30. The predicted molar refractivity (Wildman–Crippen MR) is 67.4 cm³/mol. The van der Waals surface area contributed by atoms with Gasteiger partial charge in [0.1, 0.15) is 11.4 Å². The van der Waals surface area contributed by atoms with Crippen LogP contribution in [0.1, 0.15) is 6.92 Å². The summed E-state index contributed by atoms with van der Waals surface area (Å²) in [6, 6.07) is 5.83. The average Bonchev–Trinajstić information content (AvgIpc) is 2.42. The molecule has 0 fully saturated rings. The number of hydrogen-bond acceptors (Lipinski definition) is 4. The molecule has 0 radical (unpaired) electrons. The molecule has 1 N–H and O–H groups in total. The van der Waals surface area contributed by atoms with Crippen molar-refractivity contribution in [2.24, 2.45) is 0 Å². The van der Waals surface area contributed by atoms with Crippen LogP contribution in [-0.4, -0.2) is 26.4 Å². The van der Waals surface area contributed by atoms with E-state index in [0.717, 1.165) is 14.0 Å². The third-order valence-electron chi connectivity index (χ3n) is 2.51. The van der Waals surface area contributed by atoms with E-state index in [4.69, 9.17) is 4.74 Å². The summed E-state index contributed by atoms with van der Waals surface area (Å²) < 4.78 is 48.1. The Hall–Kier alpha value is -2.18. The van der Waals surface area contributed by atoms with E-state index in [-0.39, 0.29) is 5.69 Å². The van der Waals surface area contributed by atoms with E-state index in [2.05, 4.69) is 10.1 Å². The number of rotatable bonds is 4. The molecule has 1 aromatic rings. The molecule has 0 spiro atoms. The van der Waals surface area contributed by atoms with Gasteiger partial charge in [-0.15, -0.1) is 0 Å². The Balaban J connectivity index is 3.10. The number of carbonyl (C=O) groups is 1. The smallest absolute Gasteiger partial charge is 0.431 e. The fourth-order valence-electron chi connectivity index (χ4n) is 1.45. The lowest BCUT2D eigenvalue weighted by molar-refractivity contribution is -0.137. The van der Waals surface area contributed by atoms with Gasteiger partial charge in [-0.25, -0.2) is 4.79 Å². The minimum atomic E-state index is -4.70. The van der Waals surface area contributed by atoms with Crippen LogP contribution >= 0.6 is 0 Å². The summed E-state index contributed by atoms with van der Waals surface area (Å²) in [6.07, 6.45) is -4.70. The van der Waals surface area contributed by atoms with Crippen LogP contribution in [0.5, 0.6) is 5.75 Å². The zero-order valence-corrected chi connectivity index (χ0v) is 11.2. The highest BCUT2D eigenvalue weighted by atomic mass is 19.4. The number of allylic oxidation sites excluding steroid dienone is 1. The van der Waals surface area contributed by atoms with Gasteiger partial charge in [-0.2, -0.15) is 13.2 Å². The summed E-state index contributed by atoms with van der Waals surface area (Å²) in [6.45, 7) is 1.05. The van der Waals surface area contributed by atoms with Gasteiger partial charge in [0, 0.05) is 5.69 Å². The molecule has 0 aliphatic carbocycles. The topological polar surface area (TPSA) is 47.6 Å². The number of nitrogens with one attached hydrogen (secondary N) is 1. The van der Waals surface area contributed by atoms with Gasteiger partial charge in [0.25, 0.3) is 0 Å². The Kier molecular flexibility index (Phi) is 5.01. The Morgan fingerprint density at radius 2 is 1.70 bits per heavy atom. The first-order chi connectivity index (χ1) is 9.29. The van der Waals surface area contributed by atoms with Crippen LogP contribution < -0.4 is 10.1 Å². The molecule has 0 aromatic heterocycles. The summed E-state index contributed by atoms with van der Waals surface area (Å²) in [5.74, 6) is -0.531. The van der Waals surface area contributed by atoms with Crippen molar-refractivity contribution in [1.82, 2.24) is 0 Å². The third-order valence-corrected chi connectivity index (χ3v) is 2.51. The molecule has 0 saturated heterocycles. The van der Waals surface area contributed by atoms with E-state index in [1.54, 1.807) is 0 Å². The standard InChI is InChI=1S/C13H14F3NO3/c1-8(12(18)20-3)11(13(14,15)16)17-9-4-6-10(19-2)7-5-9/h4-7,17H,1-3H3/b11-8-. The second-order valence-electron chi connectivity index (χ2n) is 3.84. The fraction of sp³-hybridized carbons (Fsp3) is 0.308. The van der Waals surface area contributed by atoms with Gasteiger partial charge < -0.3 is 14.8 Å². The number of hydrogen-bond donors (Lipinski definition) is 1. The predicted octanol–water partition coefficient (Wildman–Crippen LogP) is 3.12. The monoisotopic (exact) mass is 289 g/mol. The molecule has 4 nitrogen and oxygen atoms in total. The Morgan fingerprint density at radius 1 is 1.15 bits per heavy atom. The van der Waals surface area contributed by atoms with E-state index in [0.29, 0.717) is 5.75 Å². The number of methoxy groups -OCH3 is 2. The van der Waals surface area contributed by atoms with Crippen LogP contribution in [0.4, 0.5) is 18.9 Å². The molecule has 0 heterocycles. The number of esters is 1. The molecule has 0 aliphatic heterocycles. The van der Waals surface area contributed by atoms with E-state index in [9.17, 15) is 18.0 Å². The number of benzene rings is 1. The lowest BCUT2D eigenvalue weighted by atomic mass is 10.2. The number of anilines is 1. The minimum Gasteiger partial charge on any atom is -0.497 e. The molecule has 20 heavy (non-hydrogen) atoms. The van der Waals surface area contributed by atoms with Gasteiger partial charge in [-0.1, -0.05) is 0 Å². The summed E-state index contributed by atoms with van der Waals surface area (Å²) in [5, 5.41) is 2.18. The Labute approximate surface area is 114 Å². The zero-order chi connectivity index (χ0) is 15.3. The molecule has 110 valence electrons. The summed E-state index contributed by atoms with van der Waals surface area (Å²) in [4.78, 5) is 11.3. The van der Waals surface area contributed by atoms with Gasteiger partial charge in [0.15, 0.2) is 0 Å². The largest absolute Gasteiger partial charge is 0.497 e. The average molecular weight is 289 g/mol. The molecule has 0 bridgehead atoms. The van der Waals surface area contributed by atoms with Gasteiger partial charge in [-0.05, 0) is 31.2 Å². The van der Waals surface area contributed by atoms with Crippen molar-refractivity contribution in [3.63, 3.8) is 0 Å². The fourth-order valence-corrected chi connectivity index (χ4v) is 1.45. The normalized spacial score (nSPS) is 12.5. The van der Waals surface area contributed by atoms with Crippen molar-refractivity contribution in [3.05, 3.63) is 35.5 Å². The van der Waals surface area contributed by atoms with E-state index in [1.807, 2.05) is 0 Å². The van der Waals surface area contributed by atoms with Gasteiger partial charge >= 0.3 is 12.1 Å². The van der Waals surface area contributed by atoms with E-state index >= 15 is 0 Å². The molecule has 0 amide bonds. The van der Waals surface area contributed by atoms with Crippen molar-refractivity contribution in [2.75, 3.05) is 19.5 Å². The molecule has 0 unspecified atom stereocenters. The lowest BCUT2D eigenvalue weighted by Gasteiger charge is -2.17. The lowest BCUT2D eigenvalue weighted by Crippen LogP contribution is -2.23. The van der Waals surface area contributed by atoms with Crippen molar-refractivity contribution in [1.29, 1.82) is 0 Å². The maximum Gasteiger partial charge on any atom is 0.431 e. The highest BCUT2D eigenvalue weighted by Gasteiger charge is 2.37. The van der Waals surface area contributed by atoms with Crippen molar-refractivity contribution in [3.8, 4) is 5.75 Å². The number of halogens is 3. The van der Waals surface area contributed by atoms with Gasteiger partial charge in [0.2, 0.25) is 0 Å². The summed E-state index contributed by atoms with van der Waals surface area (Å²) >= 11 is 0. The van der Waals surface area contributed by atoms with E-state index in [1.165, 1.54) is 31.4 Å². The first kappa shape index (κ1) is 15.9. The molecular weight excluding hydrogens is 275 g/mol. The first-order valence-corrected chi connectivity index (χ1v) is 5.57. The summed E-state index contributed by atoms with van der Waals surface area (Å²) in [7, 11) is 2.47. The first-order valence-electron chi connectivity index (χ1n) is 5.57. The van der Waals surface area contributed by atoms with Crippen LogP contribution in [0.15, 0.2) is 35.5 Å². The SMILES string of the molecule is COC(=O)/C(C)=C(\Nc1ccc(OC)cc1)C(F)(F)F. The zero-order valence-electron chi connectivity index (χ0n) is 11.2. The van der Waals surface area contributed by atoms with Crippen molar-refractivity contribution < 1.29 is 27.4 Å². The maximum atomic E-state index is 12.9. The van der Waals surface area contributed by atoms with Crippen molar-refractivity contribution >= 4 is 11.7 Å². The second-order valence-corrected chi connectivity index (χ2v) is 3.84. The van der Waals surface area contributed by atoms with Gasteiger partial charge in [-0.3, -0.25) is 0 Å². The van der Waals surface area contributed by atoms with E-state index < -0.39 is 23.4 Å². The van der Waals surface area contributed by atoms with Crippen LogP contribution in [-0.2, 0) is 9.53 Å². The minimum absolute atomic E-state index is 0.182. The van der Waals surface area contributed by atoms with Gasteiger partial charge in [0.05, 0.1) is 19.8 Å². The summed E-state index contributed by atoms with van der Waals surface area (Å²) in [5.41, 5.74) is -1.52. The maximum absolute atomic E-state index is 12.9. The highest BCUT2D eigenvalue weighted by molar-refractivity contribution is 5.89. The Morgan fingerprint density at radius 3 is 2.10 bits per heavy atom. The number of ether oxygens (including phenoxy) is 2. The third kappa shape index (κ3) is 3.91. The van der Waals surface area contributed by atoms with Crippen LogP contribution in [0.3, 0.4) is 0 Å². The Bertz CT molecular complexity index is 507. The van der Waals surface area contributed by atoms with Crippen LogP contribution in [0.25, 0.3) is 0 Å². The molecule has 0 saturated carbocycles. The number of alkyl halides is 3. The molecule has 7 heteroatoms. The number of carbonyl (C=O) groups excluding carboxylic acids is 1.